The van der Waals surface area contributed by atoms with E-state index in [1.807, 2.05) is 48.5 Å². The van der Waals surface area contributed by atoms with Crippen LogP contribution < -0.4 is 5.73 Å². The third kappa shape index (κ3) is 4.33. The van der Waals surface area contributed by atoms with E-state index in [1.165, 1.54) is 0 Å². The second-order valence-electron chi connectivity index (χ2n) is 7.67. The van der Waals surface area contributed by atoms with Crippen LogP contribution in [-0.4, -0.2) is 29.7 Å². The third-order valence-corrected chi connectivity index (χ3v) is 5.94. The molecule has 158 valence electrons. The number of esters is 1. The highest BCUT2D eigenvalue weighted by molar-refractivity contribution is 6.30. The fourth-order valence-corrected chi connectivity index (χ4v) is 4.29. The molecule has 0 fully saturated rings. The standard InChI is InChI=1S/C25H22ClNO4/c26-16-11-9-15(10-12-16)13-22(27)23(24(28)29)25(30)31-14-21-19-7-3-1-5-17(19)18-6-2-4-8-20(18)21/h1-12,21-23H,13-14,27H2,(H,28,29)/t22-,23+/m1/s1. The van der Waals surface area contributed by atoms with Gasteiger partial charge in [0, 0.05) is 17.0 Å². The molecule has 0 aromatic heterocycles. The maximum absolute atomic E-state index is 12.7. The Morgan fingerprint density at radius 1 is 0.935 bits per heavy atom. The molecule has 0 radical (unpaired) electrons. The van der Waals surface area contributed by atoms with Crippen LogP contribution in [-0.2, 0) is 20.7 Å². The highest BCUT2D eigenvalue weighted by Gasteiger charge is 2.36. The van der Waals surface area contributed by atoms with Gasteiger partial charge in [-0.05, 0) is 46.4 Å². The molecule has 2 atom stereocenters. The summed E-state index contributed by atoms with van der Waals surface area (Å²) in [4.78, 5) is 24.6. The molecule has 4 rings (SSSR count). The molecule has 3 aromatic rings. The smallest absolute Gasteiger partial charge is 0.321 e. The first kappa shape index (κ1) is 21.1. The van der Waals surface area contributed by atoms with Crippen molar-refractivity contribution in [2.75, 3.05) is 6.61 Å². The number of benzene rings is 3. The number of ether oxygens (including phenoxy) is 1. The number of carboxylic acids is 1. The van der Waals surface area contributed by atoms with Gasteiger partial charge in [-0.2, -0.15) is 0 Å². The van der Waals surface area contributed by atoms with Crippen LogP contribution in [0.15, 0.2) is 72.8 Å². The van der Waals surface area contributed by atoms with Crippen LogP contribution >= 0.6 is 11.6 Å². The molecular formula is C25H22ClNO4. The number of nitrogens with two attached hydrogens (primary N) is 1. The van der Waals surface area contributed by atoms with Crippen LogP contribution in [0.2, 0.25) is 5.02 Å². The minimum Gasteiger partial charge on any atom is -0.481 e. The lowest BCUT2D eigenvalue weighted by atomic mass is 9.94. The van der Waals surface area contributed by atoms with Gasteiger partial charge in [0.1, 0.15) is 6.61 Å². The fraction of sp³-hybridized carbons (Fsp3) is 0.200. The molecule has 31 heavy (non-hydrogen) atoms. The van der Waals surface area contributed by atoms with Crippen molar-refractivity contribution >= 4 is 23.5 Å². The molecule has 1 aliphatic rings. The first-order valence-electron chi connectivity index (χ1n) is 10.0. The van der Waals surface area contributed by atoms with Gasteiger partial charge in [0.05, 0.1) is 0 Å². The predicted octanol–water partition coefficient (Wildman–Crippen LogP) is 4.27. The van der Waals surface area contributed by atoms with Gasteiger partial charge in [-0.1, -0.05) is 72.3 Å². The van der Waals surface area contributed by atoms with Crippen LogP contribution in [0.3, 0.4) is 0 Å². The molecule has 0 saturated carbocycles. The zero-order chi connectivity index (χ0) is 22.0. The first-order valence-corrected chi connectivity index (χ1v) is 10.4. The minimum atomic E-state index is -1.46. The summed E-state index contributed by atoms with van der Waals surface area (Å²) in [5.41, 5.74) is 11.3. The van der Waals surface area contributed by atoms with Crippen molar-refractivity contribution in [3.63, 3.8) is 0 Å². The molecule has 0 bridgehead atoms. The van der Waals surface area contributed by atoms with Gasteiger partial charge in [0.2, 0.25) is 0 Å². The van der Waals surface area contributed by atoms with Crippen molar-refractivity contribution in [3.8, 4) is 11.1 Å². The van der Waals surface area contributed by atoms with Crippen molar-refractivity contribution in [2.45, 2.75) is 18.4 Å². The van der Waals surface area contributed by atoms with Gasteiger partial charge in [-0.25, -0.2) is 0 Å². The largest absolute Gasteiger partial charge is 0.481 e. The Bertz CT molecular complexity index is 1070. The van der Waals surface area contributed by atoms with Gasteiger partial charge in [-0.15, -0.1) is 0 Å². The van der Waals surface area contributed by atoms with E-state index in [9.17, 15) is 14.7 Å². The summed E-state index contributed by atoms with van der Waals surface area (Å²) >= 11 is 5.89. The normalized spacial score (nSPS) is 14.4. The molecule has 0 amide bonds. The van der Waals surface area contributed by atoms with E-state index < -0.39 is 23.9 Å². The Morgan fingerprint density at radius 3 is 2.03 bits per heavy atom. The second kappa shape index (κ2) is 8.92. The topological polar surface area (TPSA) is 89.6 Å². The van der Waals surface area contributed by atoms with E-state index in [4.69, 9.17) is 22.1 Å². The lowest BCUT2D eigenvalue weighted by Crippen LogP contribution is -2.43. The van der Waals surface area contributed by atoms with Crippen LogP contribution in [0.5, 0.6) is 0 Å². The molecule has 6 heteroatoms. The number of aliphatic carboxylic acids is 1. The molecule has 0 unspecified atom stereocenters. The summed E-state index contributed by atoms with van der Waals surface area (Å²) in [6, 6.07) is 21.9. The Kier molecular flexibility index (Phi) is 6.07. The van der Waals surface area contributed by atoms with E-state index in [1.54, 1.807) is 24.3 Å². The number of fused-ring (bicyclic) bond motifs is 3. The molecule has 0 aliphatic heterocycles. The van der Waals surface area contributed by atoms with E-state index in [0.717, 1.165) is 27.8 Å². The number of rotatable bonds is 7. The molecule has 0 heterocycles. The average Bonchev–Trinajstić information content (AvgIpc) is 3.07. The van der Waals surface area contributed by atoms with E-state index in [-0.39, 0.29) is 18.9 Å². The first-order chi connectivity index (χ1) is 15.0. The number of carboxylic acid groups (broad SMARTS) is 1. The van der Waals surface area contributed by atoms with Gasteiger partial charge < -0.3 is 15.6 Å². The lowest BCUT2D eigenvalue weighted by Gasteiger charge is -2.21. The molecule has 0 saturated heterocycles. The summed E-state index contributed by atoms with van der Waals surface area (Å²) in [5, 5.41) is 10.2. The maximum atomic E-state index is 12.7. The van der Waals surface area contributed by atoms with Gasteiger partial charge in [0.25, 0.3) is 0 Å². The Hall–Kier alpha value is -3.15. The van der Waals surface area contributed by atoms with Crippen LogP contribution in [0.25, 0.3) is 11.1 Å². The maximum Gasteiger partial charge on any atom is 0.321 e. The monoisotopic (exact) mass is 435 g/mol. The Morgan fingerprint density at radius 2 is 1.48 bits per heavy atom. The molecule has 5 nitrogen and oxygen atoms in total. The quantitative estimate of drug-likeness (QED) is 0.427. The molecule has 3 aromatic carbocycles. The molecular weight excluding hydrogens is 414 g/mol. The SMILES string of the molecule is N[C@H](Cc1ccc(Cl)cc1)[C@@H](C(=O)O)C(=O)OCC1c2ccccc2-c2ccccc21. The van der Waals surface area contributed by atoms with Crippen molar-refractivity contribution in [1.82, 2.24) is 0 Å². The second-order valence-corrected chi connectivity index (χ2v) is 8.10. The zero-order valence-corrected chi connectivity index (χ0v) is 17.5. The van der Waals surface area contributed by atoms with Gasteiger partial charge >= 0.3 is 11.9 Å². The number of carbonyl (C=O) groups is 2. The summed E-state index contributed by atoms with van der Waals surface area (Å²) in [6.07, 6.45) is 0.221. The van der Waals surface area contributed by atoms with Crippen molar-refractivity contribution in [1.29, 1.82) is 0 Å². The number of hydrogen-bond acceptors (Lipinski definition) is 4. The lowest BCUT2D eigenvalue weighted by molar-refractivity contribution is -0.159. The Labute approximate surface area is 185 Å². The van der Waals surface area contributed by atoms with Gasteiger partial charge in [-0.3, -0.25) is 9.59 Å². The fourth-order valence-electron chi connectivity index (χ4n) is 4.16. The zero-order valence-electron chi connectivity index (χ0n) is 16.7. The highest BCUT2D eigenvalue weighted by atomic mass is 35.5. The summed E-state index contributed by atoms with van der Waals surface area (Å²) in [7, 11) is 0. The van der Waals surface area contributed by atoms with Crippen molar-refractivity contribution < 1.29 is 19.4 Å². The van der Waals surface area contributed by atoms with Crippen molar-refractivity contribution in [2.24, 2.45) is 11.7 Å². The van der Waals surface area contributed by atoms with E-state index >= 15 is 0 Å². The summed E-state index contributed by atoms with van der Waals surface area (Å²) < 4.78 is 5.52. The molecule has 1 aliphatic carbocycles. The number of hydrogen-bond donors (Lipinski definition) is 2. The average molecular weight is 436 g/mol. The van der Waals surface area contributed by atoms with Crippen LogP contribution in [0.1, 0.15) is 22.6 Å². The van der Waals surface area contributed by atoms with Gasteiger partial charge in [0.15, 0.2) is 5.92 Å². The van der Waals surface area contributed by atoms with Crippen LogP contribution in [0.4, 0.5) is 0 Å². The summed E-state index contributed by atoms with van der Waals surface area (Å²) in [5.74, 6) is -3.71. The van der Waals surface area contributed by atoms with Crippen molar-refractivity contribution in [3.05, 3.63) is 94.5 Å². The minimum absolute atomic E-state index is 0.0598. The third-order valence-electron chi connectivity index (χ3n) is 5.69. The van der Waals surface area contributed by atoms with E-state index in [0.29, 0.717) is 5.02 Å². The number of carbonyl (C=O) groups excluding carboxylic acids is 1. The summed E-state index contributed by atoms with van der Waals surface area (Å²) in [6.45, 7) is 0.0598. The van der Waals surface area contributed by atoms with E-state index in [2.05, 4.69) is 0 Å². The van der Waals surface area contributed by atoms with Crippen LogP contribution in [0, 0.1) is 5.92 Å². The highest BCUT2D eigenvalue weighted by Crippen LogP contribution is 2.44. The predicted molar refractivity (Wildman–Crippen MR) is 119 cm³/mol. The molecule has 3 N–H and O–H groups in total. The number of halogens is 1. The Balaban J connectivity index is 1.49. The molecule has 0 spiro atoms.